The summed E-state index contributed by atoms with van der Waals surface area (Å²) >= 11 is 13.6. The summed E-state index contributed by atoms with van der Waals surface area (Å²) in [5.41, 5.74) is 0.684. The molecule has 0 bridgehead atoms. The number of nitrogens with zero attached hydrogens (tertiary/aromatic N) is 1. The minimum Gasteiger partial charge on any atom is -0.387 e. The average Bonchev–Trinajstić information content (AvgIpc) is 2.43. The summed E-state index contributed by atoms with van der Waals surface area (Å²) in [7, 11) is 0. The van der Waals surface area contributed by atoms with Crippen LogP contribution in [0.4, 0.5) is 0 Å². The number of rotatable bonds is 4. The van der Waals surface area contributed by atoms with Crippen molar-refractivity contribution in [3.8, 4) is 0 Å². The number of hydrogen-bond donors (Lipinski definition) is 1. The number of pyridine rings is 1. The predicted molar refractivity (Wildman–Crippen MR) is 80.1 cm³/mol. The zero-order chi connectivity index (χ0) is 13.8. The van der Waals surface area contributed by atoms with Gasteiger partial charge in [0.25, 0.3) is 0 Å². The van der Waals surface area contributed by atoms with Gasteiger partial charge in [-0.1, -0.05) is 41.9 Å². The van der Waals surface area contributed by atoms with E-state index >= 15 is 0 Å². The van der Waals surface area contributed by atoms with E-state index in [4.69, 9.17) is 23.2 Å². The van der Waals surface area contributed by atoms with Crippen molar-refractivity contribution >= 4 is 35.0 Å². The topological polar surface area (TPSA) is 33.1 Å². The third-order valence-electron chi connectivity index (χ3n) is 2.61. The van der Waals surface area contributed by atoms with E-state index in [2.05, 4.69) is 4.98 Å². The number of benzene rings is 1. The van der Waals surface area contributed by atoms with Gasteiger partial charge in [-0.05, 0) is 36.8 Å². The molecular weight excluding hydrogens is 301 g/mol. The molecule has 2 aromatic rings. The summed E-state index contributed by atoms with van der Waals surface area (Å²) in [5, 5.41) is 11.0. The molecule has 0 saturated heterocycles. The van der Waals surface area contributed by atoms with Crippen LogP contribution >= 0.6 is 35.0 Å². The molecule has 0 amide bonds. The molecule has 100 valence electrons. The lowest BCUT2D eigenvalue weighted by Crippen LogP contribution is -1.97. The van der Waals surface area contributed by atoms with Crippen molar-refractivity contribution < 1.29 is 5.11 Å². The average molecular weight is 314 g/mol. The first-order valence-electron chi connectivity index (χ1n) is 5.87. The summed E-state index contributed by atoms with van der Waals surface area (Å²) in [4.78, 5) is 6.09. The molecule has 0 fully saturated rings. The number of hydrogen-bond acceptors (Lipinski definition) is 3. The zero-order valence-electron chi connectivity index (χ0n) is 10.3. The van der Waals surface area contributed by atoms with E-state index in [0.717, 1.165) is 9.79 Å². The van der Waals surface area contributed by atoms with Crippen LogP contribution in [0, 0.1) is 0 Å². The highest BCUT2D eigenvalue weighted by molar-refractivity contribution is 7.99. The second-order valence-electron chi connectivity index (χ2n) is 4.02. The van der Waals surface area contributed by atoms with Crippen LogP contribution in [0.5, 0.6) is 0 Å². The lowest BCUT2D eigenvalue weighted by Gasteiger charge is -2.08. The molecular formula is C14H13Cl2NOS. The molecule has 0 radical (unpaired) electrons. The Bertz CT molecular complexity index is 560. The molecule has 19 heavy (non-hydrogen) atoms. The third kappa shape index (κ3) is 3.86. The Balaban J connectivity index is 2.17. The molecule has 1 atom stereocenters. The molecule has 1 aromatic carbocycles. The molecule has 2 nitrogen and oxygen atoms in total. The highest BCUT2D eigenvalue weighted by Crippen LogP contribution is 2.35. The highest BCUT2D eigenvalue weighted by Gasteiger charge is 2.08. The molecule has 0 saturated carbocycles. The van der Waals surface area contributed by atoms with Gasteiger partial charge in [-0.25, -0.2) is 0 Å². The minimum absolute atomic E-state index is 0.506. The van der Waals surface area contributed by atoms with E-state index in [1.165, 1.54) is 11.8 Å². The lowest BCUT2D eigenvalue weighted by molar-refractivity contribution is 0.169. The minimum atomic E-state index is -0.506. The Morgan fingerprint density at radius 2 is 2.05 bits per heavy atom. The molecule has 0 aliphatic rings. The van der Waals surface area contributed by atoms with E-state index in [1.54, 1.807) is 18.3 Å². The van der Waals surface area contributed by atoms with E-state index in [0.29, 0.717) is 22.2 Å². The van der Waals surface area contributed by atoms with Crippen molar-refractivity contribution in [1.82, 2.24) is 4.98 Å². The van der Waals surface area contributed by atoms with Gasteiger partial charge >= 0.3 is 0 Å². The summed E-state index contributed by atoms with van der Waals surface area (Å²) in [6.45, 7) is 1.92. The monoisotopic (exact) mass is 313 g/mol. The summed E-state index contributed by atoms with van der Waals surface area (Å²) in [5.74, 6) is 0. The van der Waals surface area contributed by atoms with Gasteiger partial charge in [0.2, 0.25) is 0 Å². The van der Waals surface area contributed by atoms with Crippen LogP contribution in [-0.2, 0) is 0 Å². The van der Waals surface area contributed by atoms with Crippen LogP contribution in [0.25, 0.3) is 0 Å². The fourth-order valence-corrected chi connectivity index (χ4v) is 2.86. The number of aromatic nitrogens is 1. The Morgan fingerprint density at radius 3 is 2.68 bits per heavy atom. The quantitative estimate of drug-likeness (QED) is 0.863. The first kappa shape index (κ1) is 14.7. The zero-order valence-corrected chi connectivity index (χ0v) is 12.6. The van der Waals surface area contributed by atoms with Crippen molar-refractivity contribution in [2.24, 2.45) is 0 Å². The van der Waals surface area contributed by atoms with Crippen LogP contribution in [0.3, 0.4) is 0 Å². The van der Waals surface area contributed by atoms with Gasteiger partial charge in [-0.2, -0.15) is 0 Å². The Kier molecular flexibility index (Phi) is 5.11. The predicted octanol–water partition coefficient (Wildman–Crippen LogP) is 4.98. The molecule has 2 rings (SSSR count). The molecule has 1 aromatic heterocycles. The lowest BCUT2D eigenvalue weighted by atomic mass is 10.2. The fourth-order valence-electron chi connectivity index (χ4n) is 1.54. The van der Waals surface area contributed by atoms with Gasteiger partial charge in [0.15, 0.2) is 0 Å². The van der Waals surface area contributed by atoms with Gasteiger partial charge in [0.05, 0.1) is 16.8 Å². The van der Waals surface area contributed by atoms with E-state index in [9.17, 15) is 5.11 Å². The molecule has 0 aliphatic carbocycles. The summed E-state index contributed by atoms with van der Waals surface area (Å²) < 4.78 is 0. The second kappa shape index (κ2) is 6.62. The smallest absolute Gasteiger partial charge is 0.0957 e. The Hall–Kier alpha value is -0.740. The van der Waals surface area contributed by atoms with Crippen LogP contribution in [-0.4, -0.2) is 10.1 Å². The molecule has 5 heteroatoms. The molecule has 1 unspecified atom stereocenters. The number of aliphatic hydroxyl groups is 1. The van der Waals surface area contributed by atoms with Gasteiger partial charge in [0.1, 0.15) is 0 Å². The van der Waals surface area contributed by atoms with E-state index in [1.807, 2.05) is 25.1 Å². The van der Waals surface area contributed by atoms with E-state index < -0.39 is 6.10 Å². The Labute approximate surface area is 126 Å². The fraction of sp³-hybridized carbons (Fsp3) is 0.214. The van der Waals surface area contributed by atoms with Crippen LogP contribution in [0.15, 0.2) is 46.3 Å². The second-order valence-corrected chi connectivity index (χ2v) is 5.98. The standard InChI is InChI=1S/C14H13Cl2NOS/c1-2-13(18)12-6-4-10(8-17-12)19-14-7-9(15)3-5-11(14)16/h3-8,13,18H,2H2,1H3. The molecule has 1 N–H and O–H groups in total. The van der Waals surface area contributed by atoms with Crippen molar-refractivity contribution in [3.63, 3.8) is 0 Å². The maximum absolute atomic E-state index is 9.68. The van der Waals surface area contributed by atoms with Gasteiger partial charge in [0, 0.05) is 21.0 Å². The van der Waals surface area contributed by atoms with Crippen molar-refractivity contribution in [2.45, 2.75) is 29.2 Å². The third-order valence-corrected chi connectivity index (χ3v) is 4.32. The maximum atomic E-state index is 9.68. The summed E-state index contributed by atoms with van der Waals surface area (Å²) in [6.07, 6.45) is 1.88. The number of aliphatic hydroxyl groups excluding tert-OH is 1. The van der Waals surface area contributed by atoms with Gasteiger partial charge in [-0.15, -0.1) is 0 Å². The molecule has 0 spiro atoms. The Morgan fingerprint density at radius 1 is 1.26 bits per heavy atom. The van der Waals surface area contributed by atoms with Crippen LogP contribution in [0.2, 0.25) is 10.0 Å². The normalized spacial score (nSPS) is 12.4. The first-order valence-corrected chi connectivity index (χ1v) is 7.44. The highest BCUT2D eigenvalue weighted by atomic mass is 35.5. The van der Waals surface area contributed by atoms with Crippen LogP contribution in [0.1, 0.15) is 25.1 Å². The van der Waals surface area contributed by atoms with Crippen molar-refractivity contribution in [3.05, 3.63) is 52.3 Å². The molecule has 1 heterocycles. The van der Waals surface area contributed by atoms with Crippen molar-refractivity contribution in [2.75, 3.05) is 0 Å². The molecule has 0 aliphatic heterocycles. The van der Waals surface area contributed by atoms with Crippen LogP contribution < -0.4 is 0 Å². The summed E-state index contributed by atoms with van der Waals surface area (Å²) in [6, 6.07) is 9.10. The van der Waals surface area contributed by atoms with Crippen molar-refractivity contribution in [1.29, 1.82) is 0 Å². The first-order chi connectivity index (χ1) is 9.10. The van der Waals surface area contributed by atoms with Gasteiger partial charge in [-0.3, -0.25) is 4.98 Å². The number of halogens is 2. The van der Waals surface area contributed by atoms with E-state index in [-0.39, 0.29) is 0 Å². The maximum Gasteiger partial charge on any atom is 0.0957 e. The van der Waals surface area contributed by atoms with Gasteiger partial charge < -0.3 is 5.11 Å². The largest absolute Gasteiger partial charge is 0.387 e. The SMILES string of the molecule is CCC(O)c1ccc(Sc2cc(Cl)ccc2Cl)cn1.